The molecule has 1 heterocycles. The van der Waals surface area contributed by atoms with Crippen LogP contribution in [0.1, 0.15) is 18.6 Å². The Morgan fingerprint density at radius 2 is 1.86 bits per heavy atom. The van der Waals surface area contributed by atoms with Gasteiger partial charge in [-0.3, -0.25) is 9.69 Å². The van der Waals surface area contributed by atoms with Gasteiger partial charge in [0.1, 0.15) is 0 Å². The molecule has 0 saturated carbocycles. The van der Waals surface area contributed by atoms with Gasteiger partial charge in [-0.1, -0.05) is 23.7 Å². The molecule has 150 valence electrons. The van der Waals surface area contributed by atoms with Crippen LogP contribution in [0.25, 0.3) is 0 Å². The molecular formula is C19H22ClN3O4S. The highest BCUT2D eigenvalue weighted by Crippen LogP contribution is 2.25. The average molecular weight is 424 g/mol. The van der Waals surface area contributed by atoms with Crippen LogP contribution in [0.2, 0.25) is 5.02 Å². The molecule has 1 fully saturated rings. The summed E-state index contributed by atoms with van der Waals surface area (Å²) < 4.78 is 28.5. The lowest BCUT2D eigenvalue weighted by molar-refractivity contribution is -0.124. The first-order valence-corrected chi connectivity index (χ1v) is 10.7. The van der Waals surface area contributed by atoms with E-state index in [4.69, 9.17) is 21.5 Å². The zero-order valence-corrected chi connectivity index (χ0v) is 16.9. The van der Waals surface area contributed by atoms with Crippen LogP contribution in [0.15, 0.2) is 53.4 Å². The first-order valence-electron chi connectivity index (χ1n) is 8.79. The predicted molar refractivity (Wildman–Crippen MR) is 108 cm³/mol. The lowest BCUT2D eigenvalue weighted by Gasteiger charge is -2.36. The van der Waals surface area contributed by atoms with Crippen LogP contribution in [0.5, 0.6) is 0 Å². The van der Waals surface area contributed by atoms with E-state index in [9.17, 15) is 13.2 Å². The van der Waals surface area contributed by atoms with Gasteiger partial charge in [0, 0.05) is 23.8 Å². The van der Waals surface area contributed by atoms with Crippen molar-refractivity contribution < 1.29 is 17.9 Å². The second-order valence-electron chi connectivity index (χ2n) is 6.64. The van der Waals surface area contributed by atoms with Crippen molar-refractivity contribution in [2.45, 2.75) is 24.0 Å². The van der Waals surface area contributed by atoms with Gasteiger partial charge < -0.3 is 10.1 Å². The van der Waals surface area contributed by atoms with Crippen molar-refractivity contribution in [3.63, 3.8) is 0 Å². The summed E-state index contributed by atoms with van der Waals surface area (Å²) in [5, 5.41) is 8.55. The third kappa shape index (κ3) is 5.09. The Balaban J connectivity index is 1.63. The van der Waals surface area contributed by atoms with E-state index in [-0.39, 0.29) is 22.9 Å². The fraction of sp³-hybridized carbons (Fsp3) is 0.316. The molecule has 1 amide bonds. The fourth-order valence-corrected chi connectivity index (χ4v) is 3.68. The number of nitrogens with two attached hydrogens (primary N) is 1. The fourth-order valence-electron chi connectivity index (χ4n) is 3.04. The minimum absolute atomic E-state index is 0.00228. The highest BCUT2D eigenvalue weighted by atomic mass is 35.5. The van der Waals surface area contributed by atoms with Gasteiger partial charge in [0.05, 0.1) is 23.6 Å². The molecule has 0 spiro atoms. The molecular weight excluding hydrogens is 402 g/mol. The summed E-state index contributed by atoms with van der Waals surface area (Å²) in [6, 6.07) is 12.9. The molecule has 2 aromatic carbocycles. The number of carbonyl (C=O) groups excluding carboxylic acids is 1. The van der Waals surface area contributed by atoms with Crippen molar-refractivity contribution in [2.75, 3.05) is 25.0 Å². The van der Waals surface area contributed by atoms with E-state index >= 15 is 0 Å². The second kappa shape index (κ2) is 8.59. The number of hydrogen-bond acceptors (Lipinski definition) is 5. The number of hydrogen-bond donors (Lipinski definition) is 2. The van der Waals surface area contributed by atoms with E-state index in [0.717, 1.165) is 5.56 Å². The number of carbonyl (C=O) groups is 1. The number of amides is 1. The Morgan fingerprint density at radius 1 is 1.21 bits per heavy atom. The largest absolute Gasteiger partial charge is 0.371 e. The van der Waals surface area contributed by atoms with Gasteiger partial charge in [-0.15, -0.1) is 0 Å². The van der Waals surface area contributed by atoms with Gasteiger partial charge in [0.25, 0.3) is 0 Å². The monoisotopic (exact) mass is 423 g/mol. The van der Waals surface area contributed by atoms with Crippen LogP contribution in [-0.2, 0) is 19.6 Å². The molecule has 0 radical (unpaired) electrons. The van der Waals surface area contributed by atoms with Gasteiger partial charge in [0.15, 0.2) is 0 Å². The smallest absolute Gasteiger partial charge is 0.241 e. The number of benzene rings is 2. The number of primary sulfonamides is 1. The Hall–Kier alpha value is -1.97. The standard InChI is InChI=1S/C19H22ClN3O4S/c1-13(19(24)22-16-6-8-17(9-7-16)28(21,25)26)23-10-11-27-18(12-23)14-2-4-15(20)5-3-14/h2-9,13,18H,10-12H2,1H3,(H,22,24)(H2,21,25,26)/t13-,18+/m1/s1. The lowest BCUT2D eigenvalue weighted by atomic mass is 10.1. The zero-order valence-electron chi connectivity index (χ0n) is 15.3. The third-order valence-electron chi connectivity index (χ3n) is 4.72. The third-order valence-corrected chi connectivity index (χ3v) is 5.90. The number of halogens is 1. The van der Waals surface area contributed by atoms with Crippen molar-refractivity contribution in [1.29, 1.82) is 0 Å². The van der Waals surface area contributed by atoms with E-state index < -0.39 is 10.0 Å². The highest BCUT2D eigenvalue weighted by molar-refractivity contribution is 7.89. The van der Waals surface area contributed by atoms with Crippen molar-refractivity contribution >= 4 is 33.2 Å². The van der Waals surface area contributed by atoms with Crippen molar-refractivity contribution in [2.24, 2.45) is 5.14 Å². The van der Waals surface area contributed by atoms with Crippen LogP contribution in [0, 0.1) is 0 Å². The average Bonchev–Trinajstić information content (AvgIpc) is 2.68. The molecule has 0 aromatic heterocycles. The molecule has 9 heteroatoms. The van der Waals surface area contributed by atoms with Crippen LogP contribution in [0.3, 0.4) is 0 Å². The summed E-state index contributed by atoms with van der Waals surface area (Å²) in [6.07, 6.45) is -0.129. The van der Waals surface area contributed by atoms with Crippen LogP contribution in [0.4, 0.5) is 5.69 Å². The Morgan fingerprint density at radius 3 is 2.46 bits per heavy atom. The number of ether oxygens (including phenoxy) is 1. The maximum atomic E-state index is 12.6. The summed E-state index contributed by atoms with van der Waals surface area (Å²) >= 11 is 5.94. The van der Waals surface area contributed by atoms with Crippen LogP contribution >= 0.6 is 11.6 Å². The minimum atomic E-state index is -3.76. The molecule has 0 aliphatic carbocycles. The van der Waals surface area contributed by atoms with Crippen molar-refractivity contribution in [3.8, 4) is 0 Å². The summed E-state index contributed by atoms with van der Waals surface area (Å²) in [7, 11) is -3.76. The van der Waals surface area contributed by atoms with Gasteiger partial charge >= 0.3 is 0 Å². The van der Waals surface area contributed by atoms with Gasteiger partial charge in [-0.25, -0.2) is 13.6 Å². The normalized spacial score (nSPS) is 19.2. The molecule has 2 atom stereocenters. The summed E-state index contributed by atoms with van der Waals surface area (Å²) in [5.74, 6) is -0.180. The number of anilines is 1. The van der Waals surface area contributed by atoms with Gasteiger partial charge in [-0.05, 0) is 48.9 Å². The first kappa shape index (κ1) is 20.8. The Kier molecular flexibility index (Phi) is 6.36. The molecule has 1 saturated heterocycles. The van der Waals surface area contributed by atoms with Crippen LogP contribution < -0.4 is 10.5 Å². The lowest BCUT2D eigenvalue weighted by Crippen LogP contribution is -2.48. The predicted octanol–water partition coefficient (Wildman–Crippen LogP) is 2.39. The van der Waals surface area contributed by atoms with E-state index in [0.29, 0.717) is 30.4 Å². The van der Waals surface area contributed by atoms with E-state index in [1.54, 1.807) is 0 Å². The second-order valence-corrected chi connectivity index (χ2v) is 8.64. The SMILES string of the molecule is C[C@H](C(=O)Nc1ccc(S(N)(=O)=O)cc1)N1CCO[C@H](c2ccc(Cl)cc2)C1. The molecule has 1 aliphatic heterocycles. The maximum absolute atomic E-state index is 12.6. The Labute approximate surface area is 169 Å². The van der Waals surface area contributed by atoms with Gasteiger partial charge in [-0.2, -0.15) is 0 Å². The minimum Gasteiger partial charge on any atom is -0.371 e. The quantitative estimate of drug-likeness (QED) is 0.768. The summed E-state index contributed by atoms with van der Waals surface area (Å²) in [6.45, 7) is 3.58. The zero-order chi connectivity index (χ0) is 20.3. The number of rotatable bonds is 5. The molecule has 2 aromatic rings. The van der Waals surface area contributed by atoms with Crippen molar-refractivity contribution in [1.82, 2.24) is 4.90 Å². The number of sulfonamides is 1. The molecule has 28 heavy (non-hydrogen) atoms. The van der Waals surface area contributed by atoms with Crippen LogP contribution in [-0.4, -0.2) is 45.0 Å². The van der Waals surface area contributed by atoms with Gasteiger partial charge in [0.2, 0.25) is 15.9 Å². The van der Waals surface area contributed by atoms with Crippen molar-refractivity contribution in [3.05, 3.63) is 59.1 Å². The molecule has 7 nitrogen and oxygen atoms in total. The number of nitrogens with one attached hydrogen (secondary N) is 1. The first-order chi connectivity index (χ1) is 13.2. The van der Waals surface area contributed by atoms with E-state index in [1.165, 1.54) is 24.3 Å². The molecule has 1 aliphatic rings. The van der Waals surface area contributed by atoms with E-state index in [2.05, 4.69) is 10.2 Å². The maximum Gasteiger partial charge on any atom is 0.241 e. The highest BCUT2D eigenvalue weighted by Gasteiger charge is 2.28. The Bertz CT molecular complexity index is 933. The summed E-state index contributed by atoms with van der Waals surface area (Å²) in [4.78, 5) is 14.7. The summed E-state index contributed by atoms with van der Waals surface area (Å²) in [5.41, 5.74) is 1.52. The number of morpholine rings is 1. The molecule has 0 bridgehead atoms. The number of nitrogens with zero attached hydrogens (tertiary/aromatic N) is 1. The topological polar surface area (TPSA) is 102 Å². The molecule has 3 rings (SSSR count). The van der Waals surface area contributed by atoms with E-state index in [1.807, 2.05) is 31.2 Å². The molecule has 0 unspecified atom stereocenters. The molecule has 3 N–H and O–H groups in total.